The van der Waals surface area contributed by atoms with Crippen molar-refractivity contribution < 1.29 is 27.5 Å². The zero-order valence-corrected chi connectivity index (χ0v) is 13.3. The molecule has 136 valence electrons. The fourth-order valence-corrected chi connectivity index (χ4v) is 2.57. The molecule has 1 aromatic heterocycles. The monoisotopic (exact) mass is 365 g/mol. The molecule has 6 nitrogen and oxygen atoms in total. The molecule has 0 saturated heterocycles. The summed E-state index contributed by atoms with van der Waals surface area (Å²) in [4.78, 5) is 28.0. The van der Waals surface area contributed by atoms with Crippen molar-refractivity contribution in [2.45, 2.75) is 18.5 Å². The van der Waals surface area contributed by atoms with E-state index in [0.717, 1.165) is 0 Å². The van der Waals surface area contributed by atoms with Crippen molar-refractivity contribution in [1.29, 1.82) is 0 Å². The van der Waals surface area contributed by atoms with Crippen LogP contribution < -0.4 is 15.4 Å². The number of nitrogens with one attached hydrogen (secondary N) is 2. The van der Waals surface area contributed by atoms with Crippen LogP contribution in [0.4, 0.5) is 24.5 Å². The van der Waals surface area contributed by atoms with E-state index in [-0.39, 0.29) is 23.9 Å². The minimum atomic E-state index is -4.45. The Bertz CT molecular complexity index is 822. The van der Waals surface area contributed by atoms with Crippen LogP contribution in [0.3, 0.4) is 0 Å². The summed E-state index contributed by atoms with van der Waals surface area (Å²) in [5, 5.41) is 5.32. The largest absolute Gasteiger partial charge is 0.468 e. The summed E-state index contributed by atoms with van der Waals surface area (Å²) in [5.41, 5.74) is 1.57. The topological polar surface area (TPSA) is 80.3 Å². The molecule has 26 heavy (non-hydrogen) atoms. The third-order valence-electron chi connectivity index (χ3n) is 3.70. The quantitative estimate of drug-likeness (QED) is 0.873. The van der Waals surface area contributed by atoms with E-state index in [4.69, 9.17) is 0 Å². The van der Waals surface area contributed by atoms with Crippen LogP contribution in [0.25, 0.3) is 0 Å². The lowest BCUT2D eigenvalue weighted by molar-refractivity contribution is -0.154. The predicted molar refractivity (Wildman–Crippen MR) is 86.8 cm³/mol. The Morgan fingerprint density at radius 2 is 2.04 bits per heavy atom. The van der Waals surface area contributed by atoms with E-state index >= 15 is 0 Å². The summed E-state index contributed by atoms with van der Waals surface area (Å²) in [6, 6.07) is 9.59. The van der Waals surface area contributed by atoms with Gasteiger partial charge in [-0.25, -0.2) is 4.98 Å². The molecule has 0 bridgehead atoms. The molecule has 0 saturated carbocycles. The molecule has 0 spiro atoms. The van der Waals surface area contributed by atoms with Gasteiger partial charge in [-0.15, -0.1) is 0 Å². The molecular formula is C17H14F3N3O3. The number of anilines is 2. The number of aromatic nitrogens is 1. The lowest BCUT2D eigenvalue weighted by atomic mass is 9.90. The molecular weight excluding hydrogens is 351 g/mol. The zero-order valence-electron chi connectivity index (χ0n) is 13.3. The van der Waals surface area contributed by atoms with Crippen molar-refractivity contribution in [3.63, 3.8) is 0 Å². The van der Waals surface area contributed by atoms with Crippen LogP contribution in [0.15, 0.2) is 42.6 Å². The number of benzene rings is 1. The Morgan fingerprint density at radius 3 is 2.73 bits per heavy atom. The molecule has 2 amide bonds. The highest BCUT2D eigenvalue weighted by molar-refractivity contribution is 6.05. The number of nitrogens with zero attached hydrogens (tertiary/aromatic N) is 1. The second-order valence-corrected chi connectivity index (χ2v) is 5.67. The smallest absolute Gasteiger partial charge is 0.422 e. The summed E-state index contributed by atoms with van der Waals surface area (Å²) >= 11 is 0. The van der Waals surface area contributed by atoms with Gasteiger partial charge in [0.2, 0.25) is 17.7 Å². The molecule has 3 rings (SSSR count). The molecule has 0 fully saturated rings. The number of rotatable bonds is 4. The summed E-state index contributed by atoms with van der Waals surface area (Å²) < 4.78 is 40.8. The minimum absolute atomic E-state index is 0.00303. The van der Waals surface area contributed by atoms with Gasteiger partial charge < -0.3 is 15.4 Å². The van der Waals surface area contributed by atoms with Gasteiger partial charge in [0, 0.05) is 18.2 Å². The fourth-order valence-electron chi connectivity index (χ4n) is 2.57. The van der Waals surface area contributed by atoms with Gasteiger partial charge in [0.25, 0.3) is 0 Å². The van der Waals surface area contributed by atoms with Crippen molar-refractivity contribution in [2.75, 3.05) is 17.2 Å². The number of ether oxygens (including phenoxy) is 1. The lowest BCUT2D eigenvalue weighted by Crippen LogP contribution is -2.30. The van der Waals surface area contributed by atoms with E-state index < -0.39 is 24.6 Å². The Hall–Kier alpha value is -3.10. The van der Waals surface area contributed by atoms with Crippen LogP contribution in [-0.4, -0.2) is 29.6 Å². The minimum Gasteiger partial charge on any atom is -0.468 e. The van der Waals surface area contributed by atoms with Crippen molar-refractivity contribution in [1.82, 2.24) is 4.98 Å². The molecule has 1 atom stereocenters. The SMILES string of the molecule is O=C1CC(C(=O)Nc2ccc(OCC(F)(F)F)nc2)c2ccccc2N1. The number of para-hydroxylation sites is 1. The Labute approximate surface area is 146 Å². The van der Waals surface area contributed by atoms with E-state index in [2.05, 4.69) is 20.4 Å². The molecule has 0 radical (unpaired) electrons. The molecule has 2 heterocycles. The average molecular weight is 365 g/mol. The third-order valence-corrected chi connectivity index (χ3v) is 3.70. The van der Waals surface area contributed by atoms with Gasteiger partial charge in [-0.1, -0.05) is 18.2 Å². The lowest BCUT2D eigenvalue weighted by Gasteiger charge is -2.24. The van der Waals surface area contributed by atoms with Gasteiger partial charge in [0.1, 0.15) is 0 Å². The molecule has 1 aliphatic heterocycles. The van der Waals surface area contributed by atoms with Crippen LogP contribution in [0.2, 0.25) is 0 Å². The third kappa shape index (κ3) is 4.29. The van der Waals surface area contributed by atoms with Crippen molar-refractivity contribution in [3.05, 3.63) is 48.2 Å². The van der Waals surface area contributed by atoms with Crippen molar-refractivity contribution in [2.24, 2.45) is 0 Å². The van der Waals surface area contributed by atoms with Gasteiger partial charge in [-0.3, -0.25) is 9.59 Å². The number of hydrogen-bond acceptors (Lipinski definition) is 4. The highest BCUT2D eigenvalue weighted by Crippen LogP contribution is 2.32. The van der Waals surface area contributed by atoms with Crippen LogP contribution in [0.5, 0.6) is 5.88 Å². The first-order valence-electron chi connectivity index (χ1n) is 7.67. The standard InChI is InChI=1S/C17H14F3N3O3/c18-17(19,20)9-26-15-6-5-10(8-21-15)22-16(25)12-7-14(24)23-13-4-2-1-3-11(12)13/h1-6,8,12H,7,9H2,(H,22,25)(H,23,24). The summed E-state index contributed by atoms with van der Waals surface area (Å²) in [6.45, 7) is -1.44. The first kappa shape index (κ1) is 17.7. The van der Waals surface area contributed by atoms with Crippen LogP contribution in [-0.2, 0) is 9.59 Å². The Kier molecular flexibility index (Phi) is 4.79. The van der Waals surface area contributed by atoms with E-state index in [9.17, 15) is 22.8 Å². The Morgan fingerprint density at radius 1 is 1.27 bits per heavy atom. The van der Waals surface area contributed by atoms with Crippen LogP contribution >= 0.6 is 0 Å². The maximum absolute atomic E-state index is 12.5. The van der Waals surface area contributed by atoms with Gasteiger partial charge in [-0.2, -0.15) is 13.2 Å². The highest BCUT2D eigenvalue weighted by Gasteiger charge is 2.31. The first-order valence-corrected chi connectivity index (χ1v) is 7.67. The molecule has 9 heteroatoms. The molecule has 1 unspecified atom stereocenters. The first-order chi connectivity index (χ1) is 12.3. The predicted octanol–water partition coefficient (Wildman–Crippen LogP) is 3.09. The molecule has 1 aliphatic rings. The van der Waals surface area contributed by atoms with Gasteiger partial charge in [0.05, 0.1) is 17.8 Å². The van der Waals surface area contributed by atoms with Crippen molar-refractivity contribution >= 4 is 23.2 Å². The van der Waals surface area contributed by atoms with Crippen LogP contribution in [0.1, 0.15) is 17.9 Å². The normalized spacial score (nSPS) is 16.4. The number of amides is 2. The second kappa shape index (κ2) is 7.03. The van der Waals surface area contributed by atoms with E-state index in [1.807, 2.05) is 0 Å². The summed E-state index contributed by atoms with van der Waals surface area (Å²) in [7, 11) is 0. The number of halogens is 3. The number of carbonyl (C=O) groups excluding carboxylic acids is 2. The fraction of sp³-hybridized carbons (Fsp3) is 0.235. The van der Waals surface area contributed by atoms with Gasteiger partial charge in [0.15, 0.2) is 6.61 Å². The van der Waals surface area contributed by atoms with Gasteiger partial charge in [-0.05, 0) is 17.7 Å². The second-order valence-electron chi connectivity index (χ2n) is 5.67. The van der Waals surface area contributed by atoms with E-state index in [1.54, 1.807) is 24.3 Å². The molecule has 2 N–H and O–H groups in total. The van der Waals surface area contributed by atoms with Crippen LogP contribution in [0, 0.1) is 0 Å². The Balaban J connectivity index is 1.68. The van der Waals surface area contributed by atoms with E-state index in [1.165, 1.54) is 18.3 Å². The van der Waals surface area contributed by atoms with Gasteiger partial charge >= 0.3 is 6.18 Å². The number of carbonyl (C=O) groups is 2. The number of hydrogen-bond donors (Lipinski definition) is 2. The van der Waals surface area contributed by atoms with E-state index in [0.29, 0.717) is 11.3 Å². The molecule has 1 aromatic carbocycles. The maximum Gasteiger partial charge on any atom is 0.422 e. The molecule has 0 aliphatic carbocycles. The summed E-state index contributed by atoms with van der Waals surface area (Å²) in [5.74, 6) is -1.54. The number of pyridine rings is 1. The highest BCUT2D eigenvalue weighted by atomic mass is 19.4. The average Bonchev–Trinajstić information content (AvgIpc) is 2.59. The number of alkyl halides is 3. The zero-order chi connectivity index (χ0) is 18.7. The molecule has 2 aromatic rings. The van der Waals surface area contributed by atoms with Crippen molar-refractivity contribution in [3.8, 4) is 5.88 Å². The maximum atomic E-state index is 12.5. The summed E-state index contributed by atoms with van der Waals surface area (Å²) in [6.07, 6.45) is -3.26. The number of fused-ring (bicyclic) bond motifs is 1.